The highest BCUT2D eigenvalue weighted by Crippen LogP contribution is 2.24. The summed E-state index contributed by atoms with van der Waals surface area (Å²) in [5.74, 6) is 0. The van der Waals surface area contributed by atoms with E-state index in [2.05, 4.69) is 24.2 Å². The molecule has 0 aliphatic rings. The Kier molecular flexibility index (Phi) is 5.96. The van der Waals surface area contributed by atoms with Gasteiger partial charge in [-0.05, 0) is 28.2 Å². The summed E-state index contributed by atoms with van der Waals surface area (Å²) in [7, 11) is -6.00. The Balaban J connectivity index is 0.000000368. The summed E-state index contributed by atoms with van der Waals surface area (Å²) in [4.78, 5) is 0. The fourth-order valence-corrected chi connectivity index (χ4v) is 2.90. The third-order valence-corrected chi connectivity index (χ3v) is 4.06. The van der Waals surface area contributed by atoms with E-state index in [0.717, 1.165) is 26.3 Å². The second-order valence-corrected chi connectivity index (χ2v) is 6.29. The van der Waals surface area contributed by atoms with E-state index >= 15 is 0 Å². The lowest BCUT2D eigenvalue weighted by Crippen LogP contribution is -2.34. The van der Waals surface area contributed by atoms with E-state index in [1.165, 1.54) is 0 Å². The van der Waals surface area contributed by atoms with Gasteiger partial charge >= 0.3 is 7.25 Å². The second kappa shape index (κ2) is 7.76. The van der Waals surface area contributed by atoms with E-state index < -0.39 is 7.25 Å². The molecule has 24 heavy (non-hydrogen) atoms. The molecule has 0 radical (unpaired) electrons. The summed E-state index contributed by atoms with van der Waals surface area (Å²) >= 11 is 7.59. The minimum atomic E-state index is -6.00. The van der Waals surface area contributed by atoms with Crippen LogP contribution in [0.3, 0.4) is 0 Å². The molecule has 2 nitrogen and oxygen atoms in total. The van der Waals surface area contributed by atoms with Gasteiger partial charge in [-0.3, -0.25) is 0 Å². The fraction of sp³-hybridized carbons (Fsp3) is 0.0667. The number of aromatic nitrogens is 2. The molecule has 2 aromatic carbocycles. The molecule has 1 aromatic heterocycles. The minimum absolute atomic E-state index is 0.743. The molecule has 0 fully saturated rings. The van der Waals surface area contributed by atoms with Crippen LogP contribution in [0.5, 0.6) is 0 Å². The number of para-hydroxylation sites is 1. The largest absolute Gasteiger partial charge is 0.673 e. The predicted molar refractivity (Wildman–Crippen MR) is 89.0 cm³/mol. The highest BCUT2D eigenvalue weighted by Gasteiger charge is 2.20. The van der Waals surface area contributed by atoms with Gasteiger partial charge in [-0.2, -0.15) is 0 Å². The molecule has 0 atom stereocenters. The maximum absolute atomic E-state index is 9.75. The molecule has 126 valence electrons. The number of nitrogens with zero attached hydrogens (tertiary/aromatic N) is 2. The van der Waals surface area contributed by atoms with Gasteiger partial charge in [0, 0.05) is 34.7 Å². The standard InChI is InChI=1S/C15H12ClN2S.BF4/c1-11-18(14-5-3-2-4-6-14)17-15(19-11)12-7-9-13(16)10-8-12;2-1(3,4)5/h2-10H,1H3;/q+1;-1. The van der Waals surface area contributed by atoms with Gasteiger partial charge in [0.1, 0.15) is 0 Å². The molecule has 0 bridgehead atoms. The lowest BCUT2D eigenvalue weighted by atomic mass is 10.2. The smallest absolute Gasteiger partial charge is 0.418 e. The van der Waals surface area contributed by atoms with Gasteiger partial charge in [-0.25, -0.2) is 0 Å². The zero-order chi connectivity index (χ0) is 17.7. The molecule has 0 aliphatic heterocycles. The molecule has 0 saturated heterocycles. The maximum atomic E-state index is 9.75. The Labute approximate surface area is 145 Å². The van der Waals surface area contributed by atoms with E-state index in [1.807, 2.05) is 47.1 Å². The summed E-state index contributed by atoms with van der Waals surface area (Å²) in [6.07, 6.45) is 0. The Hall–Kier alpha value is -1.93. The van der Waals surface area contributed by atoms with Crippen LogP contribution in [-0.4, -0.2) is 12.4 Å². The Morgan fingerprint density at radius 3 is 2.04 bits per heavy atom. The number of hydrogen-bond donors (Lipinski definition) is 0. The molecule has 3 aromatic rings. The Morgan fingerprint density at radius 1 is 0.958 bits per heavy atom. The van der Waals surface area contributed by atoms with Gasteiger partial charge in [0.15, 0.2) is 5.01 Å². The normalized spacial score (nSPS) is 10.9. The van der Waals surface area contributed by atoms with Crippen LogP contribution in [0.25, 0.3) is 16.3 Å². The molecular weight excluding hydrogens is 363 g/mol. The van der Waals surface area contributed by atoms with Crippen molar-refractivity contribution in [2.24, 2.45) is 0 Å². The molecule has 0 amide bonds. The number of aryl methyl sites for hydroxylation is 1. The molecule has 0 aliphatic carbocycles. The van der Waals surface area contributed by atoms with Crippen LogP contribution < -0.4 is 4.68 Å². The van der Waals surface area contributed by atoms with Crippen molar-refractivity contribution >= 4 is 30.2 Å². The highest BCUT2D eigenvalue weighted by atomic mass is 35.5. The van der Waals surface area contributed by atoms with Gasteiger partial charge in [0.25, 0.3) is 5.01 Å². The first-order valence-electron chi connectivity index (χ1n) is 6.82. The Morgan fingerprint density at radius 2 is 1.50 bits per heavy atom. The average molecular weight is 375 g/mol. The van der Waals surface area contributed by atoms with Gasteiger partial charge in [-0.15, -0.1) is 0 Å². The van der Waals surface area contributed by atoms with Crippen LogP contribution in [-0.2, 0) is 0 Å². The SMILES string of the molecule is Cc1sc(-c2ccc(Cl)cc2)n[n+]1-c1ccccc1.F[B-](F)(F)F. The first-order chi connectivity index (χ1) is 11.2. The van der Waals surface area contributed by atoms with Crippen molar-refractivity contribution in [3.8, 4) is 16.3 Å². The van der Waals surface area contributed by atoms with Crippen molar-refractivity contribution in [3.05, 3.63) is 64.6 Å². The van der Waals surface area contributed by atoms with E-state index in [4.69, 9.17) is 11.6 Å². The van der Waals surface area contributed by atoms with Crippen molar-refractivity contribution in [2.75, 3.05) is 0 Å². The maximum Gasteiger partial charge on any atom is 0.673 e. The lowest BCUT2D eigenvalue weighted by molar-refractivity contribution is -0.659. The summed E-state index contributed by atoms with van der Waals surface area (Å²) in [5.41, 5.74) is 2.17. The first kappa shape index (κ1) is 18.4. The van der Waals surface area contributed by atoms with E-state index in [0.29, 0.717) is 0 Å². The van der Waals surface area contributed by atoms with Crippen LogP contribution in [0.15, 0.2) is 54.6 Å². The summed E-state index contributed by atoms with van der Waals surface area (Å²) in [5, 5.41) is 7.56. The van der Waals surface area contributed by atoms with Crippen LogP contribution in [0.4, 0.5) is 17.3 Å². The van der Waals surface area contributed by atoms with Crippen molar-refractivity contribution < 1.29 is 21.9 Å². The average Bonchev–Trinajstić information content (AvgIpc) is 2.89. The predicted octanol–water partition coefficient (Wildman–Crippen LogP) is 5.35. The second-order valence-electron chi connectivity index (χ2n) is 4.68. The minimum Gasteiger partial charge on any atom is -0.418 e. The lowest BCUT2D eigenvalue weighted by Gasteiger charge is -1.94. The van der Waals surface area contributed by atoms with Gasteiger partial charge in [0.2, 0.25) is 5.69 Å². The summed E-state index contributed by atoms with van der Waals surface area (Å²) in [6.45, 7) is 2.07. The number of halogens is 5. The number of rotatable bonds is 2. The zero-order valence-corrected chi connectivity index (χ0v) is 14.0. The molecule has 3 rings (SSSR count). The van der Waals surface area contributed by atoms with E-state index in [1.54, 1.807) is 11.3 Å². The molecule has 0 unspecified atom stereocenters. The van der Waals surface area contributed by atoms with E-state index in [9.17, 15) is 17.3 Å². The Bertz CT molecular complexity index is 785. The third kappa shape index (κ3) is 5.61. The van der Waals surface area contributed by atoms with Crippen molar-refractivity contribution in [1.29, 1.82) is 0 Å². The molecule has 9 heteroatoms. The number of benzene rings is 2. The quantitative estimate of drug-likeness (QED) is 0.336. The van der Waals surface area contributed by atoms with Crippen LogP contribution in [0.2, 0.25) is 5.02 Å². The zero-order valence-electron chi connectivity index (χ0n) is 12.5. The van der Waals surface area contributed by atoms with Crippen LogP contribution >= 0.6 is 22.9 Å². The van der Waals surface area contributed by atoms with Crippen molar-refractivity contribution in [1.82, 2.24) is 5.10 Å². The summed E-state index contributed by atoms with van der Waals surface area (Å²) in [6, 6.07) is 17.9. The molecular formula is C15H12BClF4N2S. The van der Waals surface area contributed by atoms with E-state index in [-0.39, 0.29) is 0 Å². The summed E-state index contributed by atoms with van der Waals surface area (Å²) < 4.78 is 41.0. The van der Waals surface area contributed by atoms with Crippen LogP contribution in [0, 0.1) is 6.92 Å². The van der Waals surface area contributed by atoms with Crippen molar-refractivity contribution in [3.63, 3.8) is 0 Å². The number of hydrogen-bond acceptors (Lipinski definition) is 2. The van der Waals surface area contributed by atoms with Crippen LogP contribution in [0.1, 0.15) is 5.01 Å². The third-order valence-electron chi connectivity index (χ3n) is 2.83. The molecule has 1 heterocycles. The first-order valence-corrected chi connectivity index (χ1v) is 8.02. The highest BCUT2D eigenvalue weighted by molar-refractivity contribution is 7.14. The van der Waals surface area contributed by atoms with Gasteiger partial charge in [-0.1, -0.05) is 41.9 Å². The molecule has 0 N–H and O–H groups in total. The van der Waals surface area contributed by atoms with Crippen molar-refractivity contribution in [2.45, 2.75) is 6.92 Å². The molecule has 0 spiro atoms. The van der Waals surface area contributed by atoms with Gasteiger partial charge < -0.3 is 17.3 Å². The monoisotopic (exact) mass is 374 g/mol. The topological polar surface area (TPSA) is 16.8 Å². The molecule has 0 saturated carbocycles. The van der Waals surface area contributed by atoms with Gasteiger partial charge in [0.05, 0.1) is 0 Å². The fourth-order valence-electron chi connectivity index (χ4n) is 1.88.